The molecule has 2 bridgehead atoms. The summed E-state index contributed by atoms with van der Waals surface area (Å²) in [5, 5.41) is 3.74. The van der Waals surface area contributed by atoms with E-state index in [0.717, 1.165) is 29.1 Å². The molecule has 9 rings (SSSR count). The van der Waals surface area contributed by atoms with Crippen molar-refractivity contribution in [3.63, 3.8) is 0 Å². The summed E-state index contributed by atoms with van der Waals surface area (Å²) in [6, 6.07) is 44.8. The largest absolute Gasteiger partial charge is 0.355 e. The fraction of sp³-hybridized carbons (Fsp3) is 0.220. The standard InChI is InChI=1S/C41H35N/c1-26-20-27-22-35-37(21-26)41(38(35)23-27)36-16-7-5-15-33(36)34-19-18-30(25-39(34)41)29-12-9-13-31(24-29)42-40-17-8-6-14-32(40)28-10-3-2-4-11-28/h2-19,21,24-27,35,38,42H,20,22-23H2,1H3. The van der Waals surface area contributed by atoms with E-state index in [0.29, 0.717) is 5.92 Å². The third-order valence-electron chi connectivity index (χ3n) is 10.8. The van der Waals surface area contributed by atoms with Crippen molar-refractivity contribution < 1.29 is 0 Å². The second kappa shape index (κ2) is 9.07. The van der Waals surface area contributed by atoms with Gasteiger partial charge in [0.05, 0.1) is 0 Å². The average molecular weight is 542 g/mol. The highest BCUT2D eigenvalue weighted by atomic mass is 14.9. The van der Waals surface area contributed by atoms with Crippen molar-refractivity contribution in [2.45, 2.75) is 31.6 Å². The molecule has 4 aliphatic carbocycles. The second-order valence-electron chi connectivity index (χ2n) is 13.1. The first-order chi connectivity index (χ1) is 20.7. The maximum atomic E-state index is 3.74. The molecule has 0 amide bonds. The highest BCUT2D eigenvalue weighted by Gasteiger charge is 2.66. The van der Waals surface area contributed by atoms with Crippen LogP contribution in [0.15, 0.2) is 133 Å². The predicted molar refractivity (Wildman–Crippen MR) is 175 cm³/mol. The van der Waals surface area contributed by atoms with Crippen LogP contribution >= 0.6 is 0 Å². The van der Waals surface area contributed by atoms with E-state index in [-0.39, 0.29) is 5.41 Å². The number of rotatable bonds is 4. The molecule has 0 saturated heterocycles. The first-order valence-electron chi connectivity index (χ1n) is 15.7. The van der Waals surface area contributed by atoms with Crippen LogP contribution in [0.25, 0.3) is 33.4 Å². The maximum Gasteiger partial charge on any atom is 0.0463 e. The van der Waals surface area contributed by atoms with E-state index >= 15 is 0 Å². The Morgan fingerprint density at radius 3 is 2.24 bits per heavy atom. The minimum absolute atomic E-state index is 0.0700. The van der Waals surface area contributed by atoms with E-state index in [9.17, 15) is 0 Å². The van der Waals surface area contributed by atoms with Crippen molar-refractivity contribution in [2.24, 2.45) is 23.7 Å². The van der Waals surface area contributed by atoms with Crippen LogP contribution in [-0.2, 0) is 5.41 Å². The minimum atomic E-state index is 0.0700. The first kappa shape index (κ1) is 24.3. The zero-order valence-electron chi connectivity index (χ0n) is 24.1. The first-order valence-corrected chi connectivity index (χ1v) is 15.7. The molecular formula is C41H35N. The second-order valence-corrected chi connectivity index (χ2v) is 13.1. The lowest BCUT2D eigenvalue weighted by molar-refractivity contribution is 0.193. The zero-order valence-corrected chi connectivity index (χ0v) is 24.1. The Bertz CT molecular complexity index is 1880. The molecule has 0 aliphatic heterocycles. The van der Waals surface area contributed by atoms with E-state index in [4.69, 9.17) is 0 Å². The molecule has 2 fully saturated rings. The molecule has 5 atom stereocenters. The molecule has 5 unspecified atom stereocenters. The molecular weight excluding hydrogens is 506 g/mol. The number of para-hydroxylation sites is 1. The number of anilines is 2. The van der Waals surface area contributed by atoms with Crippen LogP contribution in [0.3, 0.4) is 0 Å². The third-order valence-corrected chi connectivity index (χ3v) is 10.8. The summed E-state index contributed by atoms with van der Waals surface area (Å²) in [5.74, 6) is 3.07. The Balaban J connectivity index is 1.13. The van der Waals surface area contributed by atoms with Crippen LogP contribution in [0.4, 0.5) is 11.4 Å². The third kappa shape index (κ3) is 3.37. The fourth-order valence-corrected chi connectivity index (χ4v) is 9.32. The predicted octanol–water partition coefficient (Wildman–Crippen LogP) is 10.7. The summed E-state index contributed by atoms with van der Waals surface area (Å²) in [6.45, 7) is 2.45. The van der Waals surface area contributed by atoms with E-state index in [1.165, 1.54) is 52.6 Å². The van der Waals surface area contributed by atoms with Gasteiger partial charge >= 0.3 is 0 Å². The lowest BCUT2D eigenvalue weighted by Gasteiger charge is -2.55. The van der Waals surface area contributed by atoms with Gasteiger partial charge in [-0.05, 0) is 106 Å². The van der Waals surface area contributed by atoms with Gasteiger partial charge < -0.3 is 5.32 Å². The molecule has 4 aliphatic rings. The Kier molecular flexibility index (Phi) is 5.24. The number of hydrogen-bond donors (Lipinski definition) is 1. The molecule has 5 aromatic carbocycles. The highest BCUT2D eigenvalue weighted by molar-refractivity contribution is 5.88. The van der Waals surface area contributed by atoms with Crippen molar-refractivity contribution in [1.82, 2.24) is 0 Å². The Morgan fingerprint density at radius 2 is 1.33 bits per heavy atom. The molecule has 1 nitrogen and oxygen atoms in total. The lowest BCUT2D eigenvalue weighted by atomic mass is 9.47. The molecule has 1 N–H and O–H groups in total. The summed E-state index contributed by atoms with van der Waals surface area (Å²) < 4.78 is 0. The van der Waals surface area contributed by atoms with Crippen molar-refractivity contribution in [3.05, 3.63) is 144 Å². The maximum absolute atomic E-state index is 3.74. The summed E-state index contributed by atoms with van der Waals surface area (Å²) in [4.78, 5) is 0. The number of hydrogen-bond acceptors (Lipinski definition) is 1. The molecule has 5 aromatic rings. The smallest absolute Gasteiger partial charge is 0.0463 e. The van der Waals surface area contributed by atoms with Crippen LogP contribution < -0.4 is 5.32 Å². The van der Waals surface area contributed by atoms with Gasteiger partial charge in [-0.25, -0.2) is 0 Å². The van der Waals surface area contributed by atoms with Crippen molar-refractivity contribution in [2.75, 3.05) is 5.32 Å². The van der Waals surface area contributed by atoms with Gasteiger partial charge in [0.25, 0.3) is 0 Å². The average Bonchev–Trinajstić information content (AvgIpc) is 3.50. The summed E-state index contributed by atoms with van der Waals surface area (Å²) in [5.41, 5.74) is 15.1. The Labute approximate surface area is 249 Å². The molecule has 0 radical (unpaired) electrons. The molecule has 0 aromatic heterocycles. The number of fused-ring (bicyclic) bond motifs is 8. The van der Waals surface area contributed by atoms with E-state index in [2.05, 4.69) is 140 Å². The van der Waals surface area contributed by atoms with Crippen LogP contribution in [0.1, 0.15) is 37.3 Å². The highest BCUT2D eigenvalue weighted by Crippen LogP contribution is 2.73. The van der Waals surface area contributed by atoms with Gasteiger partial charge in [0.15, 0.2) is 0 Å². The summed E-state index contributed by atoms with van der Waals surface area (Å²) in [6.07, 6.45) is 6.84. The molecule has 1 spiro atoms. The van der Waals surface area contributed by atoms with E-state index in [1.807, 2.05) is 0 Å². The van der Waals surface area contributed by atoms with Crippen molar-refractivity contribution in [1.29, 1.82) is 0 Å². The van der Waals surface area contributed by atoms with Crippen LogP contribution in [0.2, 0.25) is 0 Å². The van der Waals surface area contributed by atoms with Gasteiger partial charge in [-0.15, -0.1) is 0 Å². The van der Waals surface area contributed by atoms with Crippen molar-refractivity contribution >= 4 is 11.4 Å². The summed E-state index contributed by atoms with van der Waals surface area (Å²) in [7, 11) is 0. The molecule has 1 heteroatoms. The summed E-state index contributed by atoms with van der Waals surface area (Å²) >= 11 is 0. The Hall–Kier alpha value is -4.36. The van der Waals surface area contributed by atoms with Gasteiger partial charge in [-0.3, -0.25) is 0 Å². The van der Waals surface area contributed by atoms with Crippen LogP contribution in [0, 0.1) is 23.7 Å². The number of nitrogens with one attached hydrogen (secondary N) is 1. The minimum Gasteiger partial charge on any atom is -0.355 e. The lowest BCUT2D eigenvalue weighted by Crippen LogP contribution is -2.51. The normalized spacial score (nSPS) is 26.2. The van der Waals surface area contributed by atoms with Crippen LogP contribution in [-0.4, -0.2) is 0 Å². The molecule has 42 heavy (non-hydrogen) atoms. The van der Waals surface area contributed by atoms with E-state index < -0.39 is 0 Å². The molecule has 204 valence electrons. The van der Waals surface area contributed by atoms with Gasteiger partial charge in [0, 0.05) is 22.4 Å². The molecule has 0 heterocycles. The topological polar surface area (TPSA) is 12.0 Å². The Morgan fingerprint density at radius 1 is 0.595 bits per heavy atom. The van der Waals surface area contributed by atoms with Crippen molar-refractivity contribution in [3.8, 4) is 33.4 Å². The SMILES string of the molecule is CC1C=C2C3CC(C1)CC3C21c2ccccc2-c2ccc(-c3cccc(Nc4ccccc4-c4ccccc4)c3)cc21. The van der Waals surface area contributed by atoms with Crippen LogP contribution in [0.5, 0.6) is 0 Å². The van der Waals surface area contributed by atoms with Gasteiger partial charge in [-0.2, -0.15) is 0 Å². The van der Waals surface area contributed by atoms with Gasteiger partial charge in [-0.1, -0.05) is 116 Å². The van der Waals surface area contributed by atoms with E-state index in [1.54, 1.807) is 16.7 Å². The number of allylic oxidation sites excluding steroid dienone is 2. The quantitative estimate of drug-likeness (QED) is 0.223. The fourth-order valence-electron chi connectivity index (χ4n) is 9.32. The zero-order chi connectivity index (χ0) is 27.8. The van der Waals surface area contributed by atoms with Gasteiger partial charge in [0.2, 0.25) is 0 Å². The van der Waals surface area contributed by atoms with Gasteiger partial charge in [0.1, 0.15) is 0 Å². The molecule has 2 saturated carbocycles. The monoisotopic (exact) mass is 541 g/mol. The number of benzene rings is 5.